The highest BCUT2D eigenvalue weighted by Gasteiger charge is 2.03. The van der Waals surface area contributed by atoms with Gasteiger partial charge in [-0.05, 0) is 20.3 Å². The first-order valence-electron chi connectivity index (χ1n) is 5.62. The summed E-state index contributed by atoms with van der Waals surface area (Å²) in [5, 5.41) is 0. The lowest BCUT2D eigenvalue weighted by molar-refractivity contribution is -0.152. The fourth-order valence-electron chi connectivity index (χ4n) is 1.11. The van der Waals surface area contributed by atoms with E-state index in [1.807, 2.05) is 13.8 Å². The molecule has 3 nitrogen and oxygen atoms in total. The van der Waals surface area contributed by atoms with Gasteiger partial charge in [0.1, 0.15) is 0 Å². The molecule has 0 aliphatic rings. The fourth-order valence-corrected chi connectivity index (χ4v) is 1.11. The third-order valence-electron chi connectivity index (χ3n) is 1.89. The fraction of sp³-hybridized carbons (Fsp3) is 0.909. The molecule has 0 aromatic heterocycles. The Morgan fingerprint density at radius 2 is 1.86 bits per heavy atom. The van der Waals surface area contributed by atoms with Crippen molar-refractivity contribution in [2.75, 3.05) is 0 Å². The molecule has 0 radical (unpaired) electrons. The summed E-state index contributed by atoms with van der Waals surface area (Å²) < 4.78 is 0. The van der Waals surface area contributed by atoms with Crippen LogP contribution in [0.25, 0.3) is 0 Å². The van der Waals surface area contributed by atoms with Crippen molar-refractivity contribution >= 4 is 5.97 Å². The average Bonchev–Trinajstić information content (AvgIpc) is 2.14. The van der Waals surface area contributed by atoms with E-state index in [0.29, 0.717) is 6.42 Å². The number of nitrogens with one attached hydrogen (secondary N) is 1. The monoisotopic (exact) mass is 201 g/mol. The van der Waals surface area contributed by atoms with Gasteiger partial charge in [-0.25, -0.2) is 0 Å². The lowest BCUT2D eigenvalue weighted by Gasteiger charge is -2.07. The quantitative estimate of drug-likeness (QED) is 0.485. The smallest absolute Gasteiger partial charge is 0.324 e. The van der Waals surface area contributed by atoms with Crippen LogP contribution < -0.4 is 5.48 Å². The number of rotatable bonds is 8. The summed E-state index contributed by atoms with van der Waals surface area (Å²) in [5.41, 5.74) is 2.65. The summed E-state index contributed by atoms with van der Waals surface area (Å²) in [6.07, 6.45) is 6.33. The van der Waals surface area contributed by atoms with E-state index in [2.05, 4.69) is 12.4 Å². The first kappa shape index (κ1) is 13.4. The number of carbonyl (C=O) groups is 1. The molecule has 0 aromatic rings. The summed E-state index contributed by atoms with van der Waals surface area (Å²) in [5.74, 6) is -0.143. The molecule has 0 aliphatic heterocycles. The van der Waals surface area contributed by atoms with Gasteiger partial charge >= 0.3 is 5.97 Å². The Bertz CT molecular complexity index is 146. The van der Waals surface area contributed by atoms with Gasteiger partial charge in [-0.3, -0.25) is 4.79 Å². The predicted molar refractivity (Wildman–Crippen MR) is 57.7 cm³/mol. The van der Waals surface area contributed by atoms with E-state index in [1.54, 1.807) is 0 Å². The van der Waals surface area contributed by atoms with Crippen molar-refractivity contribution in [3.05, 3.63) is 0 Å². The van der Waals surface area contributed by atoms with Gasteiger partial charge in [-0.15, -0.1) is 0 Å². The van der Waals surface area contributed by atoms with Crippen LogP contribution in [0.3, 0.4) is 0 Å². The zero-order chi connectivity index (χ0) is 10.8. The highest BCUT2D eigenvalue weighted by molar-refractivity contribution is 5.68. The molecule has 0 fully saturated rings. The molecule has 14 heavy (non-hydrogen) atoms. The average molecular weight is 201 g/mol. The van der Waals surface area contributed by atoms with Crippen LogP contribution in [0.4, 0.5) is 0 Å². The zero-order valence-electron chi connectivity index (χ0n) is 9.64. The number of hydrogen-bond acceptors (Lipinski definition) is 3. The van der Waals surface area contributed by atoms with E-state index >= 15 is 0 Å². The molecule has 0 spiro atoms. The minimum Gasteiger partial charge on any atom is -0.370 e. The summed E-state index contributed by atoms with van der Waals surface area (Å²) in [4.78, 5) is 15.9. The number of hydrogen-bond donors (Lipinski definition) is 1. The highest BCUT2D eigenvalue weighted by atomic mass is 16.7. The van der Waals surface area contributed by atoms with Crippen molar-refractivity contribution in [1.29, 1.82) is 0 Å². The zero-order valence-corrected chi connectivity index (χ0v) is 9.64. The molecule has 0 rings (SSSR count). The molecule has 0 saturated carbocycles. The first-order valence-corrected chi connectivity index (χ1v) is 5.62. The van der Waals surface area contributed by atoms with Crippen LogP contribution >= 0.6 is 0 Å². The maximum Gasteiger partial charge on any atom is 0.324 e. The van der Waals surface area contributed by atoms with Crippen LogP contribution in [-0.2, 0) is 9.63 Å². The predicted octanol–water partition coefficient (Wildman–Crippen LogP) is 2.80. The molecule has 1 N–H and O–H groups in total. The van der Waals surface area contributed by atoms with Crippen molar-refractivity contribution in [1.82, 2.24) is 5.48 Å². The summed E-state index contributed by atoms with van der Waals surface area (Å²) >= 11 is 0. The standard InChI is InChI=1S/C11H23NO2/c1-4-5-6-7-8-9-11(13)14-12-10(2)3/h10,12H,4-9H2,1-3H3. The van der Waals surface area contributed by atoms with Crippen molar-refractivity contribution in [3.8, 4) is 0 Å². The van der Waals surface area contributed by atoms with E-state index < -0.39 is 0 Å². The van der Waals surface area contributed by atoms with Crippen molar-refractivity contribution in [2.24, 2.45) is 0 Å². The van der Waals surface area contributed by atoms with Crippen molar-refractivity contribution < 1.29 is 9.63 Å². The largest absolute Gasteiger partial charge is 0.370 e. The number of unbranched alkanes of at least 4 members (excludes halogenated alkanes) is 4. The van der Waals surface area contributed by atoms with Crippen LogP contribution in [0.2, 0.25) is 0 Å². The van der Waals surface area contributed by atoms with Gasteiger partial charge in [0.15, 0.2) is 0 Å². The summed E-state index contributed by atoms with van der Waals surface area (Å²) in [6, 6.07) is 0.194. The number of hydroxylamine groups is 1. The third-order valence-corrected chi connectivity index (χ3v) is 1.89. The maximum absolute atomic E-state index is 11.1. The van der Waals surface area contributed by atoms with Crippen LogP contribution in [0.5, 0.6) is 0 Å². The molecule has 3 heteroatoms. The second kappa shape index (κ2) is 9.00. The molecule has 0 bridgehead atoms. The van der Waals surface area contributed by atoms with Gasteiger partial charge in [0.05, 0.1) is 0 Å². The lowest BCUT2D eigenvalue weighted by Crippen LogP contribution is -2.26. The minimum atomic E-state index is -0.143. The number of carbonyl (C=O) groups excluding carboxylic acids is 1. The molecule has 0 heterocycles. The Labute approximate surface area is 87.2 Å². The molecular weight excluding hydrogens is 178 g/mol. The maximum atomic E-state index is 11.1. The van der Waals surface area contributed by atoms with Gasteiger partial charge in [0, 0.05) is 12.5 Å². The Balaban J connectivity index is 3.18. The summed E-state index contributed by atoms with van der Waals surface area (Å²) in [7, 11) is 0. The molecule has 0 atom stereocenters. The molecule has 0 aromatic carbocycles. The third kappa shape index (κ3) is 9.52. The molecule has 0 amide bonds. The van der Waals surface area contributed by atoms with Crippen molar-refractivity contribution in [2.45, 2.75) is 65.3 Å². The SMILES string of the molecule is CCCCCCCC(=O)ONC(C)C. The first-order chi connectivity index (χ1) is 6.66. The lowest BCUT2D eigenvalue weighted by atomic mass is 10.1. The highest BCUT2D eigenvalue weighted by Crippen LogP contribution is 2.05. The van der Waals surface area contributed by atoms with Crippen molar-refractivity contribution in [3.63, 3.8) is 0 Å². The Morgan fingerprint density at radius 1 is 1.21 bits per heavy atom. The van der Waals surface area contributed by atoms with Gasteiger partial charge in [0.25, 0.3) is 0 Å². The normalized spacial score (nSPS) is 10.6. The van der Waals surface area contributed by atoms with Gasteiger partial charge in [0.2, 0.25) is 0 Å². The van der Waals surface area contributed by atoms with Gasteiger partial charge < -0.3 is 4.84 Å². The Morgan fingerprint density at radius 3 is 2.43 bits per heavy atom. The van der Waals surface area contributed by atoms with Crippen LogP contribution in [0, 0.1) is 0 Å². The van der Waals surface area contributed by atoms with Gasteiger partial charge in [-0.1, -0.05) is 32.6 Å². The molecular formula is C11H23NO2. The topological polar surface area (TPSA) is 38.3 Å². The van der Waals surface area contributed by atoms with E-state index in [9.17, 15) is 4.79 Å². The molecule has 0 unspecified atom stereocenters. The molecule has 0 saturated heterocycles. The second-order valence-corrected chi connectivity index (χ2v) is 3.91. The Kier molecular flexibility index (Phi) is 8.64. The van der Waals surface area contributed by atoms with Crippen LogP contribution in [-0.4, -0.2) is 12.0 Å². The van der Waals surface area contributed by atoms with Crippen LogP contribution in [0.15, 0.2) is 0 Å². The second-order valence-electron chi connectivity index (χ2n) is 3.91. The van der Waals surface area contributed by atoms with E-state index in [1.165, 1.54) is 19.3 Å². The van der Waals surface area contributed by atoms with E-state index in [-0.39, 0.29) is 12.0 Å². The Hall–Kier alpha value is -0.570. The minimum absolute atomic E-state index is 0.143. The molecule has 0 aliphatic carbocycles. The molecule has 84 valence electrons. The summed E-state index contributed by atoms with van der Waals surface area (Å²) in [6.45, 7) is 6.06. The van der Waals surface area contributed by atoms with E-state index in [0.717, 1.165) is 12.8 Å². The van der Waals surface area contributed by atoms with Gasteiger partial charge in [-0.2, -0.15) is 5.48 Å². The van der Waals surface area contributed by atoms with Crippen LogP contribution in [0.1, 0.15) is 59.3 Å². The van der Waals surface area contributed by atoms with E-state index in [4.69, 9.17) is 4.84 Å².